The van der Waals surface area contributed by atoms with E-state index >= 15 is 0 Å². The average molecular weight is 262 g/mol. The van der Waals surface area contributed by atoms with Gasteiger partial charge in [0.25, 0.3) is 0 Å². The van der Waals surface area contributed by atoms with Crippen LogP contribution in [0.1, 0.15) is 38.3 Å². The second-order valence-corrected chi connectivity index (χ2v) is 6.08. The lowest BCUT2D eigenvalue weighted by Crippen LogP contribution is -2.31. The molecule has 0 saturated carbocycles. The maximum atomic E-state index is 5.57. The molecule has 0 radical (unpaired) electrons. The highest BCUT2D eigenvalue weighted by atomic mass is 16.5. The summed E-state index contributed by atoms with van der Waals surface area (Å²) < 4.78 is 5.57. The normalized spacial score (nSPS) is 21.6. The molecule has 1 aliphatic rings. The molecule has 106 valence electrons. The Hall–Kier alpha value is -1.06. The van der Waals surface area contributed by atoms with Gasteiger partial charge in [0.15, 0.2) is 0 Å². The van der Waals surface area contributed by atoms with Crippen LogP contribution in [0.3, 0.4) is 0 Å². The molecule has 1 aliphatic heterocycles. The standard InChI is InChI=1S/C16H26N2O/c1-5-19-15-7-6-13(8-12(15)2)10-17-14-9-16(3,4)18-11-14/h6-8,14,17-18H,5,9-11H2,1-4H3. The SMILES string of the molecule is CCOc1ccc(CNC2CNC(C)(C)C2)cc1C. The monoisotopic (exact) mass is 262 g/mol. The third kappa shape index (κ3) is 3.95. The molecule has 1 unspecified atom stereocenters. The minimum Gasteiger partial charge on any atom is -0.494 e. The van der Waals surface area contributed by atoms with E-state index in [1.54, 1.807) is 0 Å². The van der Waals surface area contributed by atoms with Gasteiger partial charge >= 0.3 is 0 Å². The van der Waals surface area contributed by atoms with Crippen LogP contribution in [0, 0.1) is 6.92 Å². The van der Waals surface area contributed by atoms with Gasteiger partial charge in [0.2, 0.25) is 0 Å². The molecule has 0 aliphatic carbocycles. The lowest BCUT2D eigenvalue weighted by Gasteiger charge is -2.17. The van der Waals surface area contributed by atoms with Gasteiger partial charge in [-0.1, -0.05) is 12.1 Å². The predicted octanol–water partition coefficient (Wildman–Crippen LogP) is 2.62. The van der Waals surface area contributed by atoms with Crippen molar-refractivity contribution < 1.29 is 4.74 Å². The summed E-state index contributed by atoms with van der Waals surface area (Å²) in [5.41, 5.74) is 2.81. The number of aryl methyl sites for hydroxylation is 1. The van der Waals surface area contributed by atoms with Crippen molar-refractivity contribution >= 4 is 0 Å². The lowest BCUT2D eigenvalue weighted by molar-refractivity contribution is 0.337. The van der Waals surface area contributed by atoms with E-state index < -0.39 is 0 Å². The average Bonchev–Trinajstić information content (AvgIpc) is 2.70. The number of hydrogen-bond acceptors (Lipinski definition) is 3. The molecule has 0 spiro atoms. The Balaban J connectivity index is 1.88. The third-order valence-corrected chi connectivity index (χ3v) is 3.72. The smallest absolute Gasteiger partial charge is 0.122 e. The van der Waals surface area contributed by atoms with Gasteiger partial charge in [0.1, 0.15) is 5.75 Å². The Morgan fingerprint density at radius 1 is 1.42 bits per heavy atom. The molecular formula is C16H26N2O. The van der Waals surface area contributed by atoms with Crippen LogP contribution in [-0.4, -0.2) is 24.7 Å². The van der Waals surface area contributed by atoms with Crippen molar-refractivity contribution in [2.45, 2.75) is 52.2 Å². The van der Waals surface area contributed by atoms with Crippen LogP contribution in [0.4, 0.5) is 0 Å². The van der Waals surface area contributed by atoms with E-state index in [9.17, 15) is 0 Å². The molecule has 1 saturated heterocycles. The van der Waals surface area contributed by atoms with Crippen LogP contribution in [-0.2, 0) is 6.54 Å². The highest BCUT2D eigenvalue weighted by Gasteiger charge is 2.29. The maximum absolute atomic E-state index is 5.57. The third-order valence-electron chi connectivity index (χ3n) is 3.72. The molecule has 1 aromatic rings. The van der Waals surface area contributed by atoms with Crippen molar-refractivity contribution in [1.29, 1.82) is 0 Å². The molecule has 0 amide bonds. The molecular weight excluding hydrogens is 236 g/mol. The molecule has 2 rings (SSSR count). The molecule has 0 aromatic heterocycles. The zero-order valence-electron chi connectivity index (χ0n) is 12.5. The number of benzene rings is 1. The minimum atomic E-state index is 0.270. The molecule has 19 heavy (non-hydrogen) atoms. The Bertz CT molecular complexity index is 429. The van der Waals surface area contributed by atoms with Crippen molar-refractivity contribution in [2.24, 2.45) is 0 Å². The summed E-state index contributed by atoms with van der Waals surface area (Å²) in [5, 5.41) is 7.17. The fraction of sp³-hybridized carbons (Fsp3) is 0.625. The summed E-state index contributed by atoms with van der Waals surface area (Å²) in [6.07, 6.45) is 1.18. The largest absolute Gasteiger partial charge is 0.494 e. The Kier molecular flexibility index (Phi) is 4.48. The number of hydrogen-bond donors (Lipinski definition) is 2. The van der Waals surface area contributed by atoms with Gasteiger partial charge in [-0.15, -0.1) is 0 Å². The summed E-state index contributed by atoms with van der Waals surface area (Å²) in [4.78, 5) is 0. The van der Waals surface area contributed by atoms with Crippen LogP contribution < -0.4 is 15.4 Å². The Morgan fingerprint density at radius 3 is 2.79 bits per heavy atom. The Morgan fingerprint density at radius 2 is 2.21 bits per heavy atom. The van der Waals surface area contributed by atoms with E-state index in [0.29, 0.717) is 6.04 Å². The maximum Gasteiger partial charge on any atom is 0.122 e. The molecule has 1 aromatic carbocycles. The van der Waals surface area contributed by atoms with E-state index in [2.05, 4.69) is 49.6 Å². The first-order valence-corrected chi connectivity index (χ1v) is 7.21. The van der Waals surface area contributed by atoms with Crippen LogP contribution in [0.5, 0.6) is 5.75 Å². The van der Waals surface area contributed by atoms with Gasteiger partial charge in [0.05, 0.1) is 6.61 Å². The summed E-state index contributed by atoms with van der Waals surface area (Å²) in [5.74, 6) is 0.995. The number of nitrogens with one attached hydrogen (secondary N) is 2. The quantitative estimate of drug-likeness (QED) is 0.856. The molecule has 2 N–H and O–H groups in total. The minimum absolute atomic E-state index is 0.270. The van der Waals surface area contributed by atoms with Crippen molar-refractivity contribution in [2.75, 3.05) is 13.2 Å². The van der Waals surface area contributed by atoms with Crippen molar-refractivity contribution in [3.63, 3.8) is 0 Å². The molecule has 1 heterocycles. The molecule has 3 nitrogen and oxygen atoms in total. The van der Waals surface area contributed by atoms with Gasteiger partial charge < -0.3 is 15.4 Å². The first kappa shape index (κ1) is 14.4. The first-order valence-electron chi connectivity index (χ1n) is 7.21. The molecule has 1 atom stereocenters. The van der Waals surface area contributed by atoms with E-state index in [4.69, 9.17) is 4.74 Å². The number of rotatable bonds is 5. The van der Waals surface area contributed by atoms with Crippen LogP contribution >= 0.6 is 0 Å². The van der Waals surface area contributed by atoms with E-state index in [0.717, 1.165) is 25.4 Å². The summed E-state index contributed by atoms with van der Waals surface area (Å²) in [7, 11) is 0. The first-order chi connectivity index (χ1) is 9.00. The van der Waals surface area contributed by atoms with Gasteiger partial charge in [-0.25, -0.2) is 0 Å². The number of ether oxygens (including phenoxy) is 1. The van der Waals surface area contributed by atoms with Gasteiger partial charge in [-0.05, 0) is 51.3 Å². The van der Waals surface area contributed by atoms with Crippen LogP contribution in [0.15, 0.2) is 18.2 Å². The van der Waals surface area contributed by atoms with E-state index in [1.165, 1.54) is 17.5 Å². The van der Waals surface area contributed by atoms with Crippen LogP contribution in [0.25, 0.3) is 0 Å². The van der Waals surface area contributed by atoms with Gasteiger partial charge in [-0.2, -0.15) is 0 Å². The summed E-state index contributed by atoms with van der Waals surface area (Å²) in [6, 6.07) is 7.01. The summed E-state index contributed by atoms with van der Waals surface area (Å²) in [6.45, 7) is 11.4. The summed E-state index contributed by atoms with van der Waals surface area (Å²) >= 11 is 0. The second kappa shape index (κ2) is 5.93. The second-order valence-electron chi connectivity index (χ2n) is 6.08. The molecule has 1 fully saturated rings. The topological polar surface area (TPSA) is 33.3 Å². The molecule has 0 bridgehead atoms. The highest BCUT2D eigenvalue weighted by Crippen LogP contribution is 2.20. The predicted molar refractivity (Wildman–Crippen MR) is 79.7 cm³/mol. The van der Waals surface area contributed by atoms with Crippen molar-refractivity contribution in [3.8, 4) is 5.75 Å². The highest BCUT2D eigenvalue weighted by molar-refractivity contribution is 5.36. The van der Waals surface area contributed by atoms with Gasteiger partial charge in [0, 0.05) is 24.7 Å². The lowest BCUT2D eigenvalue weighted by atomic mass is 10.0. The fourth-order valence-electron chi connectivity index (χ4n) is 2.71. The van der Waals surface area contributed by atoms with Crippen molar-refractivity contribution in [1.82, 2.24) is 10.6 Å². The van der Waals surface area contributed by atoms with Crippen molar-refractivity contribution in [3.05, 3.63) is 29.3 Å². The van der Waals surface area contributed by atoms with E-state index in [-0.39, 0.29) is 5.54 Å². The van der Waals surface area contributed by atoms with E-state index in [1.807, 2.05) is 6.92 Å². The fourth-order valence-corrected chi connectivity index (χ4v) is 2.71. The Labute approximate surface area is 116 Å². The van der Waals surface area contributed by atoms with Gasteiger partial charge in [-0.3, -0.25) is 0 Å². The molecule has 3 heteroatoms. The van der Waals surface area contributed by atoms with Crippen LogP contribution in [0.2, 0.25) is 0 Å². The zero-order valence-corrected chi connectivity index (χ0v) is 12.5. The zero-order chi connectivity index (χ0) is 13.9.